The summed E-state index contributed by atoms with van der Waals surface area (Å²) < 4.78 is 7.39. The molecule has 1 N–H and O–H groups in total. The molecule has 24 heavy (non-hydrogen) atoms. The van der Waals surface area contributed by atoms with Gasteiger partial charge in [-0.25, -0.2) is 10.4 Å². The largest absolute Gasteiger partial charge is 0.484 e. The summed E-state index contributed by atoms with van der Waals surface area (Å²) in [5.41, 5.74) is 4.08. The zero-order valence-corrected chi connectivity index (χ0v) is 15.2. The molecule has 0 saturated heterocycles. The first-order valence-corrected chi connectivity index (χ1v) is 8.80. The van der Waals surface area contributed by atoms with E-state index in [4.69, 9.17) is 4.74 Å². The van der Waals surface area contributed by atoms with Gasteiger partial charge in [0.2, 0.25) is 0 Å². The first-order valence-electron chi connectivity index (χ1n) is 7.19. The number of ether oxygens (including phenoxy) is 1. The van der Waals surface area contributed by atoms with Gasteiger partial charge >= 0.3 is 0 Å². The lowest BCUT2D eigenvalue weighted by molar-refractivity contribution is -0.123. The Hall–Kier alpha value is -2.25. The van der Waals surface area contributed by atoms with E-state index in [-0.39, 0.29) is 12.5 Å². The van der Waals surface area contributed by atoms with Crippen molar-refractivity contribution in [3.8, 4) is 5.75 Å². The minimum absolute atomic E-state index is 0.104. The van der Waals surface area contributed by atoms with Crippen LogP contribution in [0.5, 0.6) is 5.75 Å². The predicted molar refractivity (Wildman–Crippen MR) is 99.6 cm³/mol. The van der Waals surface area contributed by atoms with E-state index in [2.05, 4.69) is 31.4 Å². The van der Waals surface area contributed by atoms with Crippen LogP contribution in [0.4, 0.5) is 0 Å². The molecule has 3 aromatic rings. The maximum atomic E-state index is 11.8. The van der Waals surface area contributed by atoms with Crippen LogP contribution in [0.2, 0.25) is 0 Å². The third kappa shape index (κ3) is 4.18. The minimum Gasteiger partial charge on any atom is -0.484 e. The number of rotatable bonds is 5. The van der Waals surface area contributed by atoms with Gasteiger partial charge in [0.05, 0.1) is 15.9 Å². The highest BCUT2D eigenvalue weighted by Crippen LogP contribution is 2.22. The Morgan fingerprint density at radius 3 is 2.92 bits per heavy atom. The molecule has 2 aromatic carbocycles. The third-order valence-electron chi connectivity index (χ3n) is 3.12. The van der Waals surface area contributed by atoms with E-state index < -0.39 is 0 Å². The van der Waals surface area contributed by atoms with Gasteiger partial charge in [-0.2, -0.15) is 5.10 Å². The first kappa shape index (κ1) is 16.6. The Morgan fingerprint density at radius 2 is 2.12 bits per heavy atom. The molecule has 1 aromatic heterocycles. The van der Waals surface area contributed by atoms with Crippen LogP contribution in [0, 0.1) is 0 Å². The molecule has 3 rings (SSSR count). The summed E-state index contributed by atoms with van der Waals surface area (Å²) in [5.74, 6) is 0.293. The Bertz CT molecular complexity index is 874. The maximum absolute atomic E-state index is 11.8. The van der Waals surface area contributed by atoms with E-state index in [0.29, 0.717) is 11.5 Å². The molecule has 5 nitrogen and oxygen atoms in total. The Balaban J connectivity index is 1.58. The van der Waals surface area contributed by atoms with Crippen LogP contribution >= 0.6 is 27.3 Å². The average molecular weight is 404 g/mol. The number of hydrogen-bond acceptors (Lipinski definition) is 5. The molecule has 0 atom stereocenters. The molecule has 0 aliphatic carbocycles. The fraction of sp³-hybridized carbons (Fsp3) is 0.118. The monoisotopic (exact) mass is 403 g/mol. The van der Waals surface area contributed by atoms with E-state index >= 15 is 0 Å². The number of benzene rings is 2. The number of nitrogens with zero attached hydrogens (tertiary/aromatic N) is 2. The molecule has 0 spiro atoms. The quantitative estimate of drug-likeness (QED) is 0.517. The smallest absolute Gasteiger partial charge is 0.277 e. The van der Waals surface area contributed by atoms with Gasteiger partial charge < -0.3 is 4.74 Å². The van der Waals surface area contributed by atoms with Crippen molar-refractivity contribution in [1.82, 2.24) is 10.4 Å². The molecule has 0 saturated carbocycles. The fourth-order valence-corrected chi connectivity index (χ4v) is 3.25. The lowest BCUT2D eigenvalue weighted by Crippen LogP contribution is -2.25. The lowest BCUT2D eigenvalue weighted by atomic mass is 10.3. The van der Waals surface area contributed by atoms with E-state index in [1.165, 1.54) is 11.3 Å². The first-order chi connectivity index (χ1) is 11.6. The molecule has 1 heterocycles. The van der Waals surface area contributed by atoms with Crippen LogP contribution in [0.3, 0.4) is 0 Å². The van der Waals surface area contributed by atoms with Gasteiger partial charge in [0.25, 0.3) is 5.91 Å². The van der Waals surface area contributed by atoms with Crippen molar-refractivity contribution >= 4 is 49.1 Å². The normalized spacial score (nSPS) is 11.5. The lowest BCUT2D eigenvalue weighted by Gasteiger charge is -2.05. The summed E-state index contributed by atoms with van der Waals surface area (Å²) >= 11 is 4.89. The number of nitrogens with one attached hydrogen (secondary N) is 1. The van der Waals surface area contributed by atoms with Gasteiger partial charge in [-0.15, -0.1) is 11.3 Å². The van der Waals surface area contributed by atoms with Crippen LogP contribution in [0.15, 0.2) is 58.1 Å². The van der Waals surface area contributed by atoms with Crippen molar-refractivity contribution < 1.29 is 9.53 Å². The Labute approximate surface area is 151 Å². The number of hydrogen-bond donors (Lipinski definition) is 1. The van der Waals surface area contributed by atoms with Crippen LogP contribution < -0.4 is 10.2 Å². The highest BCUT2D eigenvalue weighted by atomic mass is 79.9. The van der Waals surface area contributed by atoms with Crippen LogP contribution in [0.25, 0.3) is 10.2 Å². The van der Waals surface area contributed by atoms with Crippen molar-refractivity contribution in [1.29, 1.82) is 0 Å². The molecule has 0 aliphatic heterocycles. The second-order valence-electron chi connectivity index (χ2n) is 4.96. The molecule has 0 radical (unpaired) electrons. The number of carbonyl (C=O) groups is 1. The third-order valence-corrected chi connectivity index (χ3v) is 4.76. The van der Waals surface area contributed by atoms with Gasteiger partial charge in [-0.1, -0.05) is 34.1 Å². The number of aromatic nitrogens is 1. The van der Waals surface area contributed by atoms with Gasteiger partial charge in [-0.05, 0) is 37.3 Å². The molecule has 0 unspecified atom stereocenters. The molecule has 0 aliphatic rings. The number of hydrazone groups is 1. The SMILES string of the molecule is C/C(=N/NC(=O)COc1cccc(Br)c1)c1nc2ccccc2s1. The van der Waals surface area contributed by atoms with Crippen LogP contribution in [-0.2, 0) is 4.79 Å². The molecule has 0 fully saturated rings. The number of carbonyl (C=O) groups excluding carboxylic acids is 1. The van der Waals surface area contributed by atoms with Gasteiger partial charge in [0, 0.05) is 4.47 Å². The predicted octanol–water partition coefficient (Wildman–Crippen LogP) is 3.98. The highest BCUT2D eigenvalue weighted by molar-refractivity contribution is 9.10. The maximum Gasteiger partial charge on any atom is 0.277 e. The van der Waals surface area contributed by atoms with Crippen molar-refractivity contribution in [3.05, 3.63) is 58.0 Å². The molecular weight excluding hydrogens is 390 g/mol. The van der Waals surface area contributed by atoms with E-state index in [0.717, 1.165) is 19.7 Å². The van der Waals surface area contributed by atoms with Crippen molar-refractivity contribution in [2.75, 3.05) is 6.61 Å². The van der Waals surface area contributed by atoms with Crippen molar-refractivity contribution in [3.63, 3.8) is 0 Å². The van der Waals surface area contributed by atoms with Crippen molar-refractivity contribution in [2.24, 2.45) is 5.10 Å². The summed E-state index contributed by atoms with van der Waals surface area (Å²) in [7, 11) is 0. The number of para-hydroxylation sites is 1. The fourth-order valence-electron chi connectivity index (χ4n) is 1.96. The van der Waals surface area contributed by atoms with Gasteiger partial charge in [0.15, 0.2) is 6.61 Å². The molecule has 122 valence electrons. The number of halogens is 1. The number of amides is 1. The van der Waals surface area contributed by atoms with Crippen LogP contribution in [-0.4, -0.2) is 23.2 Å². The van der Waals surface area contributed by atoms with Crippen molar-refractivity contribution in [2.45, 2.75) is 6.92 Å². The topological polar surface area (TPSA) is 63.6 Å². The summed E-state index contributed by atoms with van der Waals surface area (Å²) in [6.07, 6.45) is 0. The molecule has 1 amide bonds. The Morgan fingerprint density at radius 1 is 1.29 bits per heavy atom. The van der Waals surface area contributed by atoms with E-state index in [1.807, 2.05) is 43.3 Å². The molecular formula is C17H14BrN3O2S. The van der Waals surface area contributed by atoms with E-state index in [1.54, 1.807) is 12.1 Å². The second-order valence-corrected chi connectivity index (χ2v) is 6.91. The molecule has 0 bridgehead atoms. The summed E-state index contributed by atoms with van der Waals surface area (Å²) in [5, 5.41) is 4.88. The zero-order chi connectivity index (χ0) is 16.9. The van der Waals surface area contributed by atoms with Gasteiger partial charge in [0.1, 0.15) is 10.8 Å². The molecule has 7 heteroatoms. The van der Waals surface area contributed by atoms with E-state index in [9.17, 15) is 4.79 Å². The zero-order valence-electron chi connectivity index (χ0n) is 12.8. The average Bonchev–Trinajstić information content (AvgIpc) is 3.02. The minimum atomic E-state index is -0.324. The number of thiazole rings is 1. The van der Waals surface area contributed by atoms with Gasteiger partial charge in [-0.3, -0.25) is 4.79 Å². The van der Waals surface area contributed by atoms with Crippen LogP contribution in [0.1, 0.15) is 11.9 Å². The highest BCUT2D eigenvalue weighted by Gasteiger charge is 2.07. The Kier molecular flexibility index (Phi) is 5.22. The summed E-state index contributed by atoms with van der Waals surface area (Å²) in [4.78, 5) is 16.3. The summed E-state index contributed by atoms with van der Waals surface area (Å²) in [6, 6.07) is 15.2. The summed E-state index contributed by atoms with van der Waals surface area (Å²) in [6.45, 7) is 1.71. The number of fused-ring (bicyclic) bond motifs is 1. The second kappa shape index (κ2) is 7.55. The standard InChI is InChI=1S/C17H14BrN3O2S/c1-11(17-19-14-7-2-3-8-15(14)24-17)20-21-16(22)10-23-13-6-4-5-12(18)9-13/h2-9H,10H2,1H3,(H,21,22)/b20-11-.